The summed E-state index contributed by atoms with van der Waals surface area (Å²) in [4.78, 5) is 11.5. The predicted molar refractivity (Wildman–Crippen MR) is 115 cm³/mol. The molecular weight excluding hydrogens is 421 g/mol. The van der Waals surface area contributed by atoms with Crippen molar-refractivity contribution in [2.75, 3.05) is 20.2 Å². The number of benzene rings is 2. The van der Waals surface area contributed by atoms with Crippen LogP contribution in [0.25, 0.3) is 0 Å². The summed E-state index contributed by atoms with van der Waals surface area (Å²) in [7, 11) is 1.51. The molecule has 0 aromatic heterocycles. The van der Waals surface area contributed by atoms with Gasteiger partial charge in [-0.3, -0.25) is 0 Å². The molecule has 1 fully saturated rings. The van der Waals surface area contributed by atoms with E-state index in [1.54, 1.807) is 19.9 Å². The van der Waals surface area contributed by atoms with Crippen LogP contribution in [0, 0.1) is 6.92 Å². The topological polar surface area (TPSA) is 59.6 Å². The Hall–Kier alpha value is -2.58. The molecule has 0 spiro atoms. The molecule has 0 aliphatic carbocycles. The van der Waals surface area contributed by atoms with E-state index in [4.69, 9.17) is 9.47 Å². The number of rotatable bonds is 6. The van der Waals surface area contributed by atoms with Gasteiger partial charge in [0.05, 0.1) is 23.8 Å². The average Bonchev–Trinajstić information content (AvgIpc) is 2.78. The first-order valence-electron chi connectivity index (χ1n) is 10.6. The SMILES string of the molecule is CNC(=O)OC1CC[C@@](CO[C@H](C)c2cc(C)cc(C(F)(F)F)c2)(c2ccccc2)NC1. The van der Waals surface area contributed by atoms with E-state index in [0.717, 1.165) is 17.7 Å². The van der Waals surface area contributed by atoms with Crippen LogP contribution in [-0.4, -0.2) is 32.4 Å². The summed E-state index contributed by atoms with van der Waals surface area (Å²) in [5, 5.41) is 5.92. The van der Waals surface area contributed by atoms with Crippen molar-refractivity contribution >= 4 is 6.09 Å². The largest absolute Gasteiger partial charge is 0.445 e. The van der Waals surface area contributed by atoms with Crippen molar-refractivity contribution in [2.24, 2.45) is 0 Å². The van der Waals surface area contributed by atoms with Gasteiger partial charge in [0.25, 0.3) is 0 Å². The van der Waals surface area contributed by atoms with Crippen molar-refractivity contribution in [1.82, 2.24) is 10.6 Å². The number of alkyl halides is 3. The molecule has 0 saturated carbocycles. The number of aryl methyl sites for hydroxylation is 1. The van der Waals surface area contributed by atoms with Crippen LogP contribution in [0.3, 0.4) is 0 Å². The second kappa shape index (κ2) is 9.92. The van der Waals surface area contributed by atoms with Gasteiger partial charge in [0.15, 0.2) is 0 Å². The van der Waals surface area contributed by atoms with Crippen LogP contribution in [-0.2, 0) is 21.2 Å². The van der Waals surface area contributed by atoms with Crippen molar-refractivity contribution in [1.29, 1.82) is 0 Å². The lowest BCUT2D eigenvalue weighted by atomic mass is 9.82. The lowest BCUT2D eigenvalue weighted by Crippen LogP contribution is -2.54. The van der Waals surface area contributed by atoms with E-state index in [0.29, 0.717) is 30.5 Å². The van der Waals surface area contributed by atoms with E-state index in [2.05, 4.69) is 10.6 Å². The number of nitrogens with one attached hydrogen (secondary N) is 2. The summed E-state index contributed by atoms with van der Waals surface area (Å²) >= 11 is 0. The quantitative estimate of drug-likeness (QED) is 0.643. The fourth-order valence-corrected chi connectivity index (χ4v) is 4.00. The number of amides is 1. The van der Waals surface area contributed by atoms with E-state index in [1.807, 2.05) is 30.3 Å². The van der Waals surface area contributed by atoms with Gasteiger partial charge in [0.1, 0.15) is 6.10 Å². The van der Waals surface area contributed by atoms with Crippen molar-refractivity contribution in [3.8, 4) is 0 Å². The molecule has 0 bridgehead atoms. The van der Waals surface area contributed by atoms with Gasteiger partial charge in [-0.15, -0.1) is 0 Å². The molecule has 5 nitrogen and oxygen atoms in total. The highest BCUT2D eigenvalue weighted by atomic mass is 19.4. The molecule has 2 aromatic carbocycles. The monoisotopic (exact) mass is 450 g/mol. The van der Waals surface area contributed by atoms with Crippen molar-refractivity contribution in [2.45, 2.75) is 50.6 Å². The third-order valence-corrected chi connectivity index (χ3v) is 5.84. The lowest BCUT2D eigenvalue weighted by Gasteiger charge is -2.41. The minimum absolute atomic E-state index is 0.264. The first-order chi connectivity index (χ1) is 15.1. The first kappa shape index (κ1) is 24.1. The van der Waals surface area contributed by atoms with E-state index in [9.17, 15) is 18.0 Å². The third-order valence-electron chi connectivity index (χ3n) is 5.84. The van der Waals surface area contributed by atoms with Gasteiger partial charge in [-0.1, -0.05) is 42.0 Å². The van der Waals surface area contributed by atoms with Crippen molar-refractivity contribution < 1.29 is 27.4 Å². The number of hydrogen-bond acceptors (Lipinski definition) is 4. The molecule has 3 rings (SSSR count). The summed E-state index contributed by atoms with van der Waals surface area (Å²) in [5.41, 5.74) is 0.830. The Morgan fingerprint density at radius 1 is 1.25 bits per heavy atom. The summed E-state index contributed by atoms with van der Waals surface area (Å²) in [6, 6.07) is 13.8. The molecule has 2 aromatic rings. The van der Waals surface area contributed by atoms with Gasteiger partial charge in [-0.2, -0.15) is 13.2 Å². The Morgan fingerprint density at radius 3 is 2.56 bits per heavy atom. The molecule has 1 heterocycles. The summed E-state index contributed by atoms with van der Waals surface area (Å²) in [6.45, 7) is 4.11. The fourth-order valence-electron chi connectivity index (χ4n) is 4.00. The Kier molecular flexibility index (Phi) is 7.46. The van der Waals surface area contributed by atoms with Crippen LogP contribution >= 0.6 is 0 Å². The number of halogens is 3. The van der Waals surface area contributed by atoms with Gasteiger partial charge in [0, 0.05) is 13.6 Å². The van der Waals surface area contributed by atoms with E-state index in [1.165, 1.54) is 7.05 Å². The highest BCUT2D eigenvalue weighted by Gasteiger charge is 2.38. The maximum atomic E-state index is 13.2. The summed E-state index contributed by atoms with van der Waals surface area (Å²) in [5.74, 6) is 0. The van der Waals surface area contributed by atoms with E-state index in [-0.39, 0.29) is 12.7 Å². The highest BCUT2D eigenvalue weighted by Crippen LogP contribution is 2.35. The van der Waals surface area contributed by atoms with Crippen LogP contribution in [0.15, 0.2) is 48.5 Å². The predicted octanol–water partition coefficient (Wildman–Crippen LogP) is 5.09. The first-order valence-corrected chi connectivity index (χ1v) is 10.6. The maximum Gasteiger partial charge on any atom is 0.416 e. The zero-order chi connectivity index (χ0) is 23.4. The second-order valence-electron chi connectivity index (χ2n) is 8.23. The highest BCUT2D eigenvalue weighted by molar-refractivity contribution is 5.66. The number of piperidine rings is 1. The molecule has 1 saturated heterocycles. The lowest BCUT2D eigenvalue weighted by molar-refractivity contribution is -0.137. The fraction of sp³-hybridized carbons (Fsp3) is 0.458. The number of alkyl carbamates (subject to hydrolysis) is 1. The molecule has 1 aliphatic rings. The molecule has 0 radical (unpaired) electrons. The molecule has 32 heavy (non-hydrogen) atoms. The molecule has 2 N–H and O–H groups in total. The van der Waals surface area contributed by atoms with Crippen LogP contribution < -0.4 is 10.6 Å². The molecule has 174 valence electrons. The van der Waals surface area contributed by atoms with Crippen LogP contribution in [0.2, 0.25) is 0 Å². The smallest absolute Gasteiger partial charge is 0.416 e. The summed E-state index contributed by atoms with van der Waals surface area (Å²) in [6.07, 6.45) is -4.40. The zero-order valence-electron chi connectivity index (χ0n) is 18.5. The van der Waals surface area contributed by atoms with Crippen molar-refractivity contribution in [3.63, 3.8) is 0 Å². The average molecular weight is 451 g/mol. The van der Waals surface area contributed by atoms with Gasteiger partial charge in [-0.05, 0) is 49.9 Å². The Bertz CT molecular complexity index is 910. The van der Waals surface area contributed by atoms with Crippen molar-refractivity contribution in [3.05, 3.63) is 70.8 Å². The van der Waals surface area contributed by atoms with Crippen LogP contribution in [0.4, 0.5) is 18.0 Å². The number of ether oxygens (including phenoxy) is 2. The van der Waals surface area contributed by atoms with Gasteiger partial charge in [-0.25, -0.2) is 4.79 Å². The Morgan fingerprint density at radius 2 is 1.97 bits per heavy atom. The Labute approximate surface area is 186 Å². The maximum absolute atomic E-state index is 13.2. The standard InChI is InChI=1S/C24H29F3N2O3/c1-16-11-18(13-20(12-16)24(25,26)27)17(2)31-15-23(19-7-5-4-6-8-19)10-9-21(14-29-23)32-22(30)28-3/h4-8,11-13,17,21,29H,9-10,14-15H2,1-3H3,(H,28,30)/t17-,21?,23-/m1/s1. The molecule has 3 atom stereocenters. The van der Waals surface area contributed by atoms with E-state index >= 15 is 0 Å². The second-order valence-corrected chi connectivity index (χ2v) is 8.23. The van der Waals surface area contributed by atoms with Gasteiger partial charge >= 0.3 is 12.3 Å². The van der Waals surface area contributed by atoms with Gasteiger partial charge < -0.3 is 20.1 Å². The number of hydrogen-bond donors (Lipinski definition) is 2. The molecule has 8 heteroatoms. The minimum Gasteiger partial charge on any atom is -0.445 e. The molecule has 1 aliphatic heterocycles. The molecule has 1 amide bonds. The van der Waals surface area contributed by atoms with E-state index < -0.39 is 29.5 Å². The normalized spacial score (nSPS) is 22.2. The third kappa shape index (κ3) is 5.81. The number of carbonyl (C=O) groups excluding carboxylic acids is 1. The molecular formula is C24H29F3N2O3. The van der Waals surface area contributed by atoms with Crippen LogP contribution in [0.5, 0.6) is 0 Å². The minimum atomic E-state index is -4.41. The zero-order valence-corrected chi connectivity index (χ0v) is 18.5. The summed E-state index contributed by atoms with van der Waals surface area (Å²) < 4.78 is 51.2. The number of carbonyl (C=O) groups is 1. The van der Waals surface area contributed by atoms with Gasteiger partial charge in [0.2, 0.25) is 0 Å². The van der Waals surface area contributed by atoms with Crippen LogP contribution in [0.1, 0.15) is 48.1 Å². The molecule has 1 unspecified atom stereocenters. The Balaban J connectivity index is 1.76.